The van der Waals surface area contributed by atoms with Crippen LogP contribution in [0.4, 0.5) is 0 Å². The van der Waals surface area contributed by atoms with E-state index in [-0.39, 0.29) is 17.7 Å². The van der Waals surface area contributed by atoms with Crippen molar-refractivity contribution in [3.05, 3.63) is 0 Å². The van der Waals surface area contributed by atoms with Crippen LogP contribution in [0.2, 0.25) is 0 Å². The van der Waals surface area contributed by atoms with Crippen molar-refractivity contribution in [1.82, 2.24) is 5.06 Å². The van der Waals surface area contributed by atoms with Gasteiger partial charge in [-0.15, -0.1) is 0 Å². The lowest BCUT2D eigenvalue weighted by Gasteiger charge is -2.30. The molecular formula is C14H23NO6. The second-order valence-electron chi connectivity index (χ2n) is 6.29. The van der Waals surface area contributed by atoms with Crippen molar-refractivity contribution in [2.24, 2.45) is 5.92 Å². The molecule has 7 heteroatoms. The van der Waals surface area contributed by atoms with Crippen LogP contribution in [0.5, 0.6) is 0 Å². The topological polar surface area (TPSA) is 74.3 Å². The van der Waals surface area contributed by atoms with Gasteiger partial charge in [-0.25, -0.2) is 4.79 Å². The minimum absolute atomic E-state index is 0.191. The van der Waals surface area contributed by atoms with Gasteiger partial charge in [0.15, 0.2) is 6.10 Å². The maximum Gasteiger partial charge on any atom is 0.338 e. The van der Waals surface area contributed by atoms with Gasteiger partial charge in [0.1, 0.15) is 5.92 Å². The van der Waals surface area contributed by atoms with Gasteiger partial charge in [0, 0.05) is 6.54 Å². The maximum absolute atomic E-state index is 12.1. The van der Waals surface area contributed by atoms with E-state index in [1.165, 1.54) is 14.2 Å². The van der Waals surface area contributed by atoms with E-state index >= 15 is 0 Å². The van der Waals surface area contributed by atoms with Crippen LogP contribution >= 0.6 is 0 Å². The number of hydrogen-bond donors (Lipinski definition) is 0. The fourth-order valence-corrected chi connectivity index (χ4v) is 2.97. The highest BCUT2D eigenvalue weighted by Crippen LogP contribution is 2.39. The van der Waals surface area contributed by atoms with Crippen molar-refractivity contribution in [2.75, 3.05) is 20.8 Å². The molecule has 0 aliphatic carbocycles. The molecule has 2 rings (SSSR count). The van der Waals surface area contributed by atoms with E-state index in [1.54, 1.807) is 5.06 Å². The van der Waals surface area contributed by atoms with Gasteiger partial charge in [-0.2, -0.15) is 5.06 Å². The molecule has 2 fully saturated rings. The second kappa shape index (κ2) is 5.90. The normalized spacial score (nSPS) is 32.8. The number of carbonyl (C=O) groups excluding carboxylic acids is 2. The van der Waals surface area contributed by atoms with Crippen LogP contribution in [0.1, 0.15) is 27.2 Å². The first-order chi connectivity index (χ1) is 9.78. The Morgan fingerprint density at radius 1 is 1.14 bits per heavy atom. The number of methoxy groups -OCH3 is 2. The number of fused-ring (bicyclic) bond motifs is 1. The van der Waals surface area contributed by atoms with Crippen LogP contribution in [0.3, 0.4) is 0 Å². The molecule has 0 aromatic carbocycles. The minimum Gasteiger partial charge on any atom is -0.469 e. The summed E-state index contributed by atoms with van der Waals surface area (Å²) in [4.78, 5) is 29.5. The number of rotatable bonds is 3. The maximum atomic E-state index is 12.1. The Labute approximate surface area is 124 Å². The summed E-state index contributed by atoms with van der Waals surface area (Å²) in [5.41, 5.74) is -0.343. The lowest BCUT2D eigenvalue weighted by atomic mass is 9.91. The first-order valence-corrected chi connectivity index (χ1v) is 7.05. The van der Waals surface area contributed by atoms with E-state index in [1.807, 2.05) is 20.8 Å². The highest BCUT2D eigenvalue weighted by molar-refractivity contribution is 5.85. The molecule has 21 heavy (non-hydrogen) atoms. The molecule has 0 amide bonds. The number of nitrogens with zero attached hydrogens (tertiary/aromatic N) is 1. The van der Waals surface area contributed by atoms with Gasteiger partial charge in [0.05, 0.1) is 32.0 Å². The van der Waals surface area contributed by atoms with Crippen LogP contribution in [0.15, 0.2) is 0 Å². The monoisotopic (exact) mass is 301 g/mol. The third-order valence-corrected chi connectivity index (χ3v) is 3.70. The van der Waals surface area contributed by atoms with Crippen molar-refractivity contribution in [2.45, 2.75) is 51.0 Å². The Kier molecular flexibility index (Phi) is 4.55. The molecule has 0 spiro atoms. The fourth-order valence-electron chi connectivity index (χ4n) is 2.97. The molecule has 120 valence electrons. The Morgan fingerprint density at radius 2 is 1.76 bits per heavy atom. The summed E-state index contributed by atoms with van der Waals surface area (Å²) in [6.07, 6.45) is -0.425. The Morgan fingerprint density at radius 3 is 2.29 bits per heavy atom. The SMILES string of the molecule is COC(=O)[C@H]1[C@@H]2[C@@H](OC(C)(C)C)CCN2O[C@H]1C(=O)OC. The lowest BCUT2D eigenvalue weighted by Crippen LogP contribution is -2.45. The molecule has 0 N–H and O–H groups in total. The van der Waals surface area contributed by atoms with Crippen molar-refractivity contribution >= 4 is 11.9 Å². The standard InChI is InChI=1S/C14H23NO6/c1-14(2,3)20-8-6-7-15-10(8)9(12(16)18-4)11(21-15)13(17)19-5/h8-11H,6-7H2,1-5H3/t8-,9-,10-,11+/m0/s1. The largest absolute Gasteiger partial charge is 0.469 e. The summed E-state index contributed by atoms with van der Waals surface area (Å²) in [6.45, 7) is 6.47. The first kappa shape index (κ1) is 16.2. The van der Waals surface area contributed by atoms with E-state index < -0.39 is 24.0 Å². The van der Waals surface area contributed by atoms with Crippen molar-refractivity contribution < 1.29 is 28.6 Å². The average Bonchev–Trinajstić information content (AvgIpc) is 2.95. The smallest absolute Gasteiger partial charge is 0.338 e. The summed E-state index contributed by atoms with van der Waals surface area (Å²) in [7, 11) is 2.57. The Balaban J connectivity index is 2.24. The molecule has 0 radical (unpaired) electrons. The van der Waals surface area contributed by atoms with Crippen LogP contribution in [-0.4, -0.2) is 61.6 Å². The quantitative estimate of drug-likeness (QED) is 0.703. The van der Waals surface area contributed by atoms with E-state index in [4.69, 9.17) is 19.0 Å². The molecule has 0 aromatic heterocycles. The summed E-state index contributed by atoms with van der Waals surface area (Å²) in [5.74, 6) is -1.80. The van der Waals surface area contributed by atoms with Gasteiger partial charge in [0.2, 0.25) is 0 Å². The van der Waals surface area contributed by atoms with E-state index in [9.17, 15) is 9.59 Å². The molecule has 4 atom stereocenters. The van der Waals surface area contributed by atoms with Gasteiger partial charge in [-0.05, 0) is 27.2 Å². The zero-order valence-electron chi connectivity index (χ0n) is 13.1. The zero-order valence-corrected chi connectivity index (χ0v) is 13.1. The van der Waals surface area contributed by atoms with E-state index in [0.717, 1.165) is 6.42 Å². The second-order valence-corrected chi connectivity index (χ2v) is 6.29. The van der Waals surface area contributed by atoms with Crippen molar-refractivity contribution in [3.8, 4) is 0 Å². The molecule has 2 heterocycles. The zero-order chi connectivity index (χ0) is 15.8. The minimum atomic E-state index is -0.973. The van der Waals surface area contributed by atoms with Gasteiger partial charge in [0.25, 0.3) is 0 Å². The Hall–Kier alpha value is -1.18. The molecule has 7 nitrogen and oxygen atoms in total. The highest BCUT2D eigenvalue weighted by Gasteiger charge is 2.58. The molecule has 2 aliphatic rings. The molecular weight excluding hydrogens is 278 g/mol. The third kappa shape index (κ3) is 3.20. The number of hydroxylamine groups is 2. The van der Waals surface area contributed by atoms with Gasteiger partial charge < -0.3 is 14.2 Å². The van der Waals surface area contributed by atoms with Crippen molar-refractivity contribution in [3.63, 3.8) is 0 Å². The van der Waals surface area contributed by atoms with Gasteiger partial charge in [-0.1, -0.05) is 0 Å². The number of esters is 2. The molecule has 0 saturated carbocycles. The number of hydrogen-bond acceptors (Lipinski definition) is 7. The first-order valence-electron chi connectivity index (χ1n) is 7.05. The third-order valence-electron chi connectivity index (χ3n) is 3.70. The predicted molar refractivity (Wildman–Crippen MR) is 72.1 cm³/mol. The van der Waals surface area contributed by atoms with Crippen LogP contribution < -0.4 is 0 Å². The van der Waals surface area contributed by atoms with Crippen molar-refractivity contribution in [1.29, 1.82) is 0 Å². The summed E-state index contributed by atoms with van der Waals surface area (Å²) in [5, 5.41) is 1.65. The van der Waals surface area contributed by atoms with Gasteiger partial charge in [-0.3, -0.25) is 9.63 Å². The van der Waals surface area contributed by atoms with E-state index in [0.29, 0.717) is 6.54 Å². The van der Waals surface area contributed by atoms with Crippen LogP contribution in [-0.2, 0) is 28.6 Å². The Bertz CT molecular complexity index is 418. The van der Waals surface area contributed by atoms with Gasteiger partial charge >= 0.3 is 11.9 Å². The average molecular weight is 301 g/mol. The van der Waals surface area contributed by atoms with Crippen LogP contribution in [0, 0.1) is 5.92 Å². The molecule has 2 aliphatic heterocycles. The molecule has 0 aromatic rings. The lowest BCUT2D eigenvalue weighted by molar-refractivity contribution is -0.185. The molecule has 0 bridgehead atoms. The van der Waals surface area contributed by atoms with E-state index in [2.05, 4.69) is 0 Å². The number of carbonyl (C=O) groups is 2. The molecule has 0 unspecified atom stereocenters. The summed E-state index contributed by atoms with van der Waals surface area (Å²) in [6, 6.07) is -0.333. The summed E-state index contributed by atoms with van der Waals surface area (Å²) < 4.78 is 15.6. The number of ether oxygens (including phenoxy) is 3. The van der Waals surface area contributed by atoms with Crippen LogP contribution in [0.25, 0.3) is 0 Å². The summed E-state index contributed by atoms with van der Waals surface area (Å²) >= 11 is 0. The highest BCUT2D eigenvalue weighted by atomic mass is 16.7. The fraction of sp³-hybridized carbons (Fsp3) is 0.857. The predicted octanol–water partition coefficient (Wildman–Crippen LogP) is 0.520. The molecule has 2 saturated heterocycles.